The lowest BCUT2D eigenvalue weighted by Gasteiger charge is -2.16. The number of ether oxygens (including phenoxy) is 1. The van der Waals surface area contributed by atoms with Crippen LogP contribution >= 0.6 is 0 Å². The Labute approximate surface area is 173 Å². The van der Waals surface area contributed by atoms with E-state index in [2.05, 4.69) is 15.6 Å². The number of anilines is 1. The highest BCUT2D eigenvalue weighted by Gasteiger charge is 2.20. The molecule has 8 nitrogen and oxygen atoms in total. The fourth-order valence-corrected chi connectivity index (χ4v) is 2.61. The Bertz CT molecular complexity index is 1030. The summed E-state index contributed by atoms with van der Waals surface area (Å²) in [5.74, 6) is -0.999. The second kappa shape index (κ2) is 9.94. The van der Waals surface area contributed by atoms with Crippen LogP contribution in [0.2, 0.25) is 0 Å². The number of nitrogens with one attached hydrogen (secondary N) is 2. The van der Waals surface area contributed by atoms with Gasteiger partial charge < -0.3 is 15.8 Å². The molecule has 3 rings (SSSR count). The Hall–Kier alpha value is -4.04. The van der Waals surface area contributed by atoms with Crippen LogP contribution in [0.25, 0.3) is 0 Å². The lowest BCUT2D eigenvalue weighted by Crippen LogP contribution is -2.50. The topological polar surface area (TPSA) is 123 Å². The van der Waals surface area contributed by atoms with Gasteiger partial charge in [0.2, 0.25) is 0 Å². The minimum absolute atomic E-state index is 0.0451. The number of aromatic nitrogens is 1. The number of alkyl carbamates (subject to hydrolysis) is 1. The molecule has 152 valence electrons. The zero-order valence-corrected chi connectivity index (χ0v) is 15.9. The minimum Gasteiger partial charge on any atom is -0.445 e. The van der Waals surface area contributed by atoms with E-state index in [0.717, 1.165) is 5.56 Å². The fraction of sp³-hybridized carbons (Fsp3) is 0.0909. The molecule has 4 N–H and O–H groups in total. The number of hydrogen-bond donors (Lipinski definition) is 3. The zero-order valence-electron chi connectivity index (χ0n) is 15.9. The SMILES string of the molecule is NC(NC(=O)OCc1ccccc1)C(=O)Nc1ccccc1C(=O)c1cccnc1. The van der Waals surface area contributed by atoms with Crippen molar-refractivity contribution in [1.29, 1.82) is 0 Å². The smallest absolute Gasteiger partial charge is 0.409 e. The molecule has 0 bridgehead atoms. The summed E-state index contributed by atoms with van der Waals surface area (Å²) in [6, 6.07) is 18.9. The molecule has 0 saturated carbocycles. The van der Waals surface area contributed by atoms with E-state index in [4.69, 9.17) is 10.5 Å². The monoisotopic (exact) mass is 404 g/mol. The van der Waals surface area contributed by atoms with Crippen LogP contribution in [0.4, 0.5) is 10.5 Å². The first-order valence-electron chi connectivity index (χ1n) is 9.12. The van der Waals surface area contributed by atoms with E-state index in [1.807, 2.05) is 18.2 Å². The van der Waals surface area contributed by atoms with Crippen LogP contribution in [0.1, 0.15) is 21.5 Å². The van der Waals surface area contributed by atoms with Crippen molar-refractivity contribution in [2.75, 3.05) is 5.32 Å². The first-order chi connectivity index (χ1) is 14.5. The molecular formula is C22H20N4O4. The third-order valence-corrected chi connectivity index (χ3v) is 4.12. The Kier molecular flexibility index (Phi) is 6.86. The van der Waals surface area contributed by atoms with Crippen LogP contribution < -0.4 is 16.4 Å². The van der Waals surface area contributed by atoms with Crippen molar-refractivity contribution < 1.29 is 19.1 Å². The summed E-state index contributed by atoms with van der Waals surface area (Å²) >= 11 is 0. The fourth-order valence-electron chi connectivity index (χ4n) is 2.61. The van der Waals surface area contributed by atoms with E-state index in [-0.39, 0.29) is 23.6 Å². The number of rotatable bonds is 7. The van der Waals surface area contributed by atoms with Crippen LogP contribution in [-0.4, -0.2) is 28.9 Å². The van der Waals surface area contributed by atoms with Gasteiger partial charge in [0.25, 0.3) is 5.91 Å². The maximum atomic E-state index is 12.7. The number of pyridine rings is 1. The molecule has 1 heterocycles. The molecule has 0 saturated heterocycles. The van der Waals surface area contributed by atoms with E-state index in [0.29, 0.717) is 5.56 Å². The van der Waals surface area contributed by atoms with Gasteiger partial charge in [0, 0.05) is 23.5 Å². The molecule has 1 atom stereocenters. The van der Waals surface area contributed by atoms with Crippen molar-refractivity contribution >= 4 is 23.5 Å². The lowest BCUT2D eigenvalue weighted by molar-refractivity contribution is -0.118. The van der Waals surface area contributed by atoms with E-state index < -0.39 is 18.2 Å². The van der Waals surface area contributed by atoms with Gasteiger partial charge in [0.1, 0.15) is 6.61 Å². The van der Waals surface area contributed by atoms with Gasteiger partial charge in [0.15, 0.2) is 11.9 Å². The molecule has 3 aromatic rings. The van der Waals surface area contributed by atoms with Crippen molar-refractivity contribution in [3.63, 3.8) is 0 Å². The molecule has 2 aromatic carbocycles. The highest BCUT2D eigenvalue weighted by Crippen LogP contribution is 2.19. The molecular weight excluding hydrogens is 384 g/mol. The Morgan fingerprint density at radius 1 is 0.967 bits per heavy atom. The van der Waals surface area contributed by atoms with Crippen LogP contribution in [0, 0.1) is 0 Å². The van der Waals surface area contributed by atoms with E-state index in [1.54, 1.807) is 54.7 Å². The summed E-state index contributed by atoms with van der Waals surface area (Å²) in [5.41, 5.74) is 7.48. The van der Waals surface area contributed by atoms with Gasteiger partial charge in [-0.2, -0.15) is 0 Å². The van der Waals surface area contributed by atoms with Gasteiger partial charge >= 0.3 is 6.09 Å². The second-order valence-corrected chi connectivity index (χ2v) is 6.29. The average molecular weight is 404 g/mol. The van der Waals surface area contributed by atoms with Crippen molar-refractivity contribution in [3.8, 4) is 0 Å². The summed E-state index contributed by atoms with van der Waals surface area (Å²) < 4.78 is 5.05. The number of amides is 2. The van der Waals surface area contributed by atoms with E-state index in [9.17, 15) is 14.4 Å². The van der Waals surface area contributed by atoms with E-state index >= 15 is 0 Å². The average Bonchev–Trinajstić information content (AvgIpc) is 2.79. The van der Waals surface area contributed by atoms with Crippen LogP contribution in [-0.2, 0) is 16.1 Å². The number of carbonyl (C=O) groups excluding carboxylic acids is 3. The normalized spacial score (nSPS) is 11.2. The van der Waals surface area contributed by atoms with Gasteiger partial charge in [-0.1, -0.05) is 42.5 Å². The van der Waals surface area contributed by atoms with Crippen molar-refractivity contribution in [1.82, 2.24) is 10.3 Å². The predicted molar refractivity (Wildman–Crippen MR) is 110 cm³/mol. The number of benzene rings is 2. The quantitative estimate of drug-likeness (QED) is 0.411. The molecule has 1 aromatic heterocycles. The maximum absolute atomic E-state index is 12.7. The largest absolute Gasteiger partial charge is 0.445 e. The molecule has 0 fully saturated rings. The predicted octanol–water partition coefficient (Wildman–Crippen LogP) is 2.46. The van der Waals surface area contributed by atoms with Gasteiger partial charge in [-0.3, -0.25) is 19.9 Å². The Balaban J connectivity index is 1.60. The zero-order chi connectivity index (χ0) is 21.3. The number of hydrogen-bond acceptors (Lipinski definition) is 6. The maximum Gasteiger partial charge on any atom is 0.409 e. The second-order valence-electron chi connectivity index (χ2n) is 6.29. The first-order valence-corrected chi connectivity index (χ1v) is 9.12. The van der Waals surface area contributed by atoms with Crippen molar-refractivity contribution in [2.45, 2.75) is 12.8 Å². The van der Waals surface area contributed by atoms with Gasteiger partial charge in [-0.05, 0) is 29.8 Å². The Morgan fingerprint density at radius 3 is 2.43 bits per heavy atom. The van der Waals surface area contributed by atoms with Crippen LogP contribution in [0.5, 0.6) is 0 Å². The minimum atomic E-state index is -1.37. The molecule has 30 heavy (non-hydrogen) atoms. The number of nitrogens with two attached hydrogens (primary N) is 1. The van der Waals surface area contributed by atoms with Crippen molar-refractivity contribution in [2.24, 2.45) is 5.73 Å². The lowest BCUT2D eigenvalue weighted by atomic mass is 10.0. The first kappa shape index (κ1) is 20.7. The third-order valence-electron chi connectivity index (χ3n) is 4.12. The summed E-state index contributed by atoms with van der Waals surface area (Å²) in [7, 11) is 0. The number of para-hydroxylation sites is 1. The summed E-state index contributed by atoms with van der Waals surface area (Å²) in [4.78, 5) is 40.9. The third kappa shape index (κ3) is 5.49. The molecule has 0 aliphatic rings. The van der Waals surface area contributed by atoms with Crippen LogP contribution in [0.15, 0.2) is 79.1 Å². The Morgan fingerprint density at radius 2 is 1.70 bits per heavy atom. The number of ketones is 1. The standard InChI is InChI=1S/C22H20N4O4/c23-20(26-22(29)30-14-15-7-2-1-3-8-15)21(28)25-18-11-5-4-10-17(18)19(27)16-9-6-12-24-13-16/h1-13,20H,14,23H2,(H,25,28)(H,26,29). The van der Waals surface area contributed by atoms with Gasteiger partial charge in [0.05, 0.1) is 5.69 Å². The summed E-state index contributed by atoms with van der Waals surface area (Å²) in [6.07, 6.45) is 0.805. The molecule has 0 aliphatic heterocycles. The van der Waals surface area contributed by atoms with Gasteiger partial charge in [-0.25, -0.2) is 4.79 Å². The molecule has 8 heteroatoms. The number of nitrogens with zero attached hydrogens (tertiary/aromatic N) is 1. The van der Waals surface area contributed by atoms with Crippen molar-refractivity contribution in [3.05, 3.63) is 95.8 Å². The number of carbonyl (C=O) groups is 3. The van der Waals surface area contributed by atoms with Crippen LogP contribution in [0.3, 0.4) is 0 Å². The van der Waals surface area contributed by atoms with E-state index in [1.165, 1.54) is 6.20 Å². The molecule has 2 amide bonds. The highest BCUT2D eigenvalue weighted by molar-refractivity contribution is 6.14. The molecule has 0 spiro atoms. The molecule has 0 radical (unpaired) electrons. The highest BCUT2D eigenvalue weighted by atomic mass is 16.5. The summed E-state index contributed by atoms with van der Waals surface area (Å²) in [5, 5.41) is 4.82. The summed E-state index contributed by atoms with van der Waals surface area (Å²) in [6.45, 7) is 0.0451. The van der Waals surface area contributed by atoms with Gasteiger partial charge in [-0.15, -0.1) is 0 Å². The molecule has 0 aliphatic carbocycles. The molecule has 1 unspecified atom stereocenters.